The summed E-state index contributed by atoms with van der Waals surface area (Å²) in [6.07, 6.45) is 4.80. The Balaban J connectivity index is 1.68. The highest BCUT2D eigenvalue weighted by molar-refractivity contribution is 4.87. The minimum absolute atomic E-state index is 0.194. The van der Waals surface area contributed by atoms with Crippen LogP contribution in [0.4, 0.5) is 17.6 Å². The van der Waals surface area contributed by atoms with Crippen molar-refractivity contribution in [3.8, 4) is 0 Å². The maximum Gasteiger partial charge on any atom is 0.522 e. The van der Waals surface area contributed by atoms with Gasteiger partial charge in [0.1, 0.15) is 6.17 Å². The van der Waals surface area contributed by atoms with E-state index < -0.39 is 18.6 Å². The van der Waals surface area contributed by atoms with E-state index in [0.29, 0.717) is 12.3 Å². The highest BCUT2D eigenvalue weighted by Gasteiger charge is 2.42. The average molecular weight is 409 g/mol. The lowest BCUT2D eigenvalue weighted by atomic mass is 9.69. The zero-order valence-corrected chi connectivity index (χ0v) is 17.9. The molecule has 0 aliphatic heterocycles. The van der Waals surface area contributed by atoms with Gasteiger partial charge in [0.05, 0.1) is 6.10 Å². The van der Waals surface area contributed by atoms with E-state index in [0.717, 1.165) is 30.6 Å². The van der Waals surface area contributed by atoms with E-state index in [2.05, 4.69) is 25.5 Å². The van der Waals surface area contributed by atoms with Crippen molar-refractivity contribution in [2.24, 2.45) is 29.6 Å². The molecule has 2 saturated carbocycles. The van der Waals surface area contributed by atoms with Crippen LogP contribution in [0.25, 0.3) is 0 Å². The van der Waals surface area contributed by atoms with Crippen LogP contribution in [-0.4, -0.2) is 18.6 Å². The van der Waals surface area contributed by atoms with Crippen molar-refractivity contribution in [1.29, 1.82) is 0 Å². The molecule has 2 aliphatic rings. The average Bonchev–Trinajstić information content (AvgIpc) is 2.63. The van der Waals surface area contributed by atoms with Crippen LogP contribution >= 0.6 is 0 Å². The summed E-state index contributed by atoms with van der Waals surface area (Å²) in [7, 11) is 0. The van der Waals surface area contributed by atoms with E-state index >= 15 is 0 Å². The number of ether oxygens (including phenoxy) is 1. The quantitative estimate of drug-likeness (QED) is 0.350. The van der Waals surface area contributed by atoms with E-state index in [-0.39, 0.29) is 18.8 Å². The molecular weight excluding hydrogens is 368 g/mol. The van der Waals surface area contributed by atoms with Crippen LogP contribution in [0.15, 0.2) is 0 Å². The normalized spacial score (nSPS) is 33.2. The van der Waals surface area contributed by atoms with Gasteiger partial charge in [0.2, 0.25) is 0 Å². The lowest BCUT2D eigenvalue weighted by Crippen LogP contribution is -2.39. The van der Waals surface area contributed by atoms with Gasteiger partial charge < -0.3 is 0 Å². The summed E-state index contributed by atoms with van der Waals surface area (Å²) >= 11 is 0. The summed E-state index contributed by atoms with van der Waals surface area (Å²) in [5, 5.41) is 0. The molecule has 0 aromatic heterocycles. The van der Waals surface area contributed by atoms with E-state index in [1.807, 2.05) is 0 Å². The molecule has 0 aromatic carbocycles. The van der Waals surface area contributed by atoms with Crippen molar-refractivity contribution in [3.63, 3.8) is 0 Å². The van der Waals surface area contributed by atoms with Crippen LogP contribution in [0.2, 0.25) is 0 Å². The van der Waals surface area contributed by atoms with E-state index in [1.54, 1.807) is 0 Å². The fourth-order valence-corrected chi connectivity index (χ4v) is 5.39. The predicted molar refractivity (Wildman–Crippen MR) is 106 cm³/mol. The number of hydrogen-bond acceptors (Lipinski definition) is 1. The molecule has 0 bridgehead atoms. The van der Waals surface area contributed by atoms with Gasteiger partial charge in [-0.2, -0.15) is 0 Å². The van der Waals surface area contributed by atoms with Gasteiger partial charge in [-0.05, 0) is 61.7 Å². The monoisotopic (exact) mass is 408 g/mol. The highest BCUT2D eigenvalue weighted by atomic mass is 19.4. The van der Waals surface area contributed by atoms with Gasteiger partial charge in [0, 0.05) is 0 Å². The molecular formula is C23H40F4O. The van der Waals surface area contributed by atoms with Gasteiger partial charge in [0.25, 0.3) is 0 Å². The Morgan fingerprint density at radius 2 is 1.54 bits per heavy atom. The number of alkyl halides is 4. The maximum absolute atomic E-state index is 14.2. The van der Waals surface area contributed by atoms with Crippen LogP contribution < -0.4 is 0 Å². The van der Waals surface area contributed by atoms with E-state index in [9.17, 15) is 17.6 Å². The zero-order valence-electron chi connectivity index (χ0n) is 17.9. The van der Waals surface area contributed by atoms with Crippen molar-refractivity contribution >= 4 is 0 Å². The van der Waals surface area contributed by atoms with Crippen molar-refractivity contribution in [3.05, 3.63) is 0 Å². The third-order valence-corrected chi connectivity index (χ3v) is 7.31. The predicted octanol–water partition coefficient (Wildman–Crippen LogP) is 8.08. The summed E-state index contributed by atoms with van der Waals surface area (Å²) in [6.45, 7) is 6.88. The summed E-state index contributed by atoms with van der Waals surface area (Å²) in [5.41, 5.74) is 0. The second kappa shape index (κ2) is 11.2. The minimum atomic E-state index is -4.73. The molecule has 5 heteroatoms. The first-order valence-corrected chi connectivity index (χ1v) is 11.6. The fourth-order valence-electron chi connectivity index (χ4n) is 5.39. The molecule has 2 aliphatic carbocycles. The van der Waals surface area contributed by atoms with Gasteiger partial charge in [-0.15, -0.1) is 13.2 Å². The lowest BCUT2D eigenvalue weighted by Gasteiger charge is -2.39. The van der Waals surface area contributed by atoms with Crippen molar-refractivity contribution < 1.29 is 22.3 Å². The largest absolute Gasteiger partial charge is 0.522 e. The Labute approximate surface area is 169 Å². The Morgan fingerprint density at radius 1 is 0.893 bits per heavy atom. The summed E-state index contributed by atoms with van der Waals surface area (Å²) in [6, 6.07) is 0. The highest BCUT2D eigenvalue weighted by Crippen LogP contribution is 2.43. The second-order valence-electron chi connectivity index (χ2n) is 9.79. The first kappa shape index (κ1) is 24.0. The topological polar surface area (TPSA) is 9.23 Å². The van der Waals surface area contributed by atoms with Crippen LogP contribution in [0.5, 0.6) is 0 Å². The van der Waals surface area contributed by atoms with E-state index in [1.165, 1.54) is 44.9 Å². The summed E-state index contributed by atoms with van der Waals surface area (Å²) < 4.78 is 55.3. The standard InChI is InChI=1S/C23H40F4O/c1-4-17(6-5-16(2)3)7-8-18-9-11-19(12-10-18)20-13-14-22(21(24)15-20)28-23(25,26)27/h16-22H,4-15H2,1-3H3. The second-order valence-corrected chi connectivity index (χ2v) is 9.79. The van der Waals surface area contributed by atoms with Gasteiger partial charge in [-0.3, -0.25) is 4.74 Å². The third-order valence-electron chi connectivity index (χ3n) is 7.31. The van der Waals surface area contributed by atoms with Crippen LogP contribution in [-0.2, 0) is 4.74 Å². The molecule has 1 nitrogen and oxygen atoms in total. The van der Waals surface area contributed by atoms with Gasteiger partial charge in [0.15, 0.2) is 0 Å². The Morgan fingerprint density at radius 3 is 2.07 bits per heavy atom. The first-order valence-electron chi connectivity index (χ1n) is 11.6. The number of halogens is 4. The smallest absolute Gasteiger partial charge is 0.286 e. The molecule has 2 fully saturated rings. The molecule has 166 valence electrons. The van der Waals surface area contributed by atoms with Gasteiger partial charge in [-0.1, -0.05) is 65.7 Å². The number of hydrogen-bond donors (Lipinski definition) is 0. The molecule has 28 heavy (non-hydrogen) atoms. The molecule has 4 atom stereocenters. The summed E-state index contributed by atoms with van der Waals surface area (Å²) in [4.78, 5) is 0. The lowest BCUT2D eigenvalue weighted by molar-refractivity contribution is -0.352. The SMILES string of the molecule is CCC(CCC(C)C)CCC1CCC(C2CCC(OC(F)(F)F)C(F)C2)CC1. The Bertz CT molecular complexity index is 429. The third kappa shape index (κ3) is 8.20. The maximum atomic E-state index is 14.2. The number of rotatable bonds is 9. The molecule has 0 radical (unpaired) electrons. The molecule has 4 unspecified atom stereocenters. The minimum Gasteiger partial charge on any atom is -0.286 e. The van der Waals surface area contributed by atoms with Crippen molar-refractivity contribution in [2.45, 2.75) is 116 Å². The molecule has 0 saturated heterocycles. The molecule has 0 spiro atoms. The summed E-state index contributed by atoms with van der Waals surface area (Å²) in [5.74, 6) is 3.13. The molecule has 0 amide bonds. The van der Waals surface area contributed by atoms with Crippen LogP contribution in [0.3, 0.4) is 0 Å². The molecule has 0 aromatic rings. The van der Waals surface area contributed by atoms with Gasteiger partial charge in [-0.25, -0.2) is 4.39 Å². The first-order chi connectivity index (χ1) is 13.2. The van der Waals surface area contributed by atoms with E-state index in [4.69, 9.17) is 0 Å². The van der Waals surface area contributed by atoms with Crippen molar-refractivity contribution in [2.75, 3.05) is 0 Å². The van der Waals surface area contributed by atoms with Crippen LogP contribution in [0, 0.1) is 29.6 Å². The fraction of sp³-hybridized carbons (Fsp3) is 1.00. The van der Waals surface area contributed by atoms with Gasteiger partial charge >= 0.3 is 6.36 Å². The molecule has 2 rings (SSSR count). The van der Waals surface area contributed by atoms with Crippen LogP contribution in [0.1, 0.15) is 97.8 Å². The molecule has 0 N–H and O–H groups in total. The van der Waals surface area contributed by atoms with Crippen molar-refractivity contribution in [1.82, 2.24) is 0 Å². The Hall–Kier alpha value is -0.320. The zero-order chi connectivity index (χ0) is 20.7. The molecule has 0 heterocycles. The Kier molecular flexibility index (Phi) is 9.56.